The minimum absolute atomic E-state index is 0.0784. The number of carbonyl (C=O) groups excluding carboxylic acids is 1. The molecule has 2 aromatic rings. The van der Waals surface area contributed by atoms with E-state index >= 15 is 0 Å². The van der Waals surface area contributed by atoms with Gasteiger partial charge in [-0.05, 0) is 45.0 Å². The van der Waals surface area contributed by atoms with Crippen molar-refractivity contribution in [2.24, 2.45) is 0 Å². The number of nitrogens with one attached hydrogen (secondary N) is 1. The number of anilines is 1. The zero-order chi connectivity index (χ0) is 20.0. The predicted molar refractivity (Wildman–Crippen MR) is 104 cm³/mol. The van der Waals surface area contributed by atoms with Crippen molar-refractivity contribution in [1.29, 1.82) is 0 Å². The zero-order valence-electron chi connectivity index (χ0n) is 15.4. The Kier molecular flexibility index (Phi) is 6.69. The molecular weight excluding hydrogens is 370 g/mol. The Balaban J connectivity index is 2.06. The van der Waals surface area contributed by atoms with E-state index < -0.39 is 17.5 Å². The maximum absolute atomic E-state index is 11.8. The molecule has 0 bridgehead atoms. The average Bonchev–Trinajstić information content (AvgIpc) is 2.58. The van der Waals surface area contributed by atoms with E-state index in [1.54, 1.807) is 45.0 Å². The maximum Gasteiger partial charge on any atom is 0.344 e. The summed E-state index contributed by atoms with van der Waals surface area (Å²) >= 11 is 5.86. The molecule has 27 heavy (non-hydrogen) atoms. The Morgan fingerprint density at radius 2 is 1.85 bits per heavy atom. The summed E-state index contributed by atoms with van der Waals surface area (Å²) in [5, 5.41) is 12.7. The normalized spacial score (nSPS) is 11.0. The van der Waals surface area contributed by atoms with Crippen molar-refractivity contribution in [3.05, 3.63) is 58.6 Å². The number of carboxylic acid groups (broad SMARTS) is 1. The predicted octanol–water partition coefficient (Wildman–Crippen LogP) is 4.37. The number of esters is 1. The number of carboxylic acids is 1. The molecule has 0 unspecified atom stereocenters. The third kappa shape index (κ3) is 6.49. The van der Waals surface area contributed by atoms with Gasteiger partial charge >= 0.3 is 11.9 Å². The third-order valence-electron chi connectivity index (χ3n) is 3.42. The molecule has 0 radical (unpaired) electrons. The third-order valence-corrected chi connectivity index (χ3v) is 3.65. The second-order valence-corrected chi connectivity index (χ2v) is 7.27. The number of carbonyl (C=O) groups is 2. The molecule has 6 nitrogen and oxygen atoms in total. The minimum Gasteiger partial charge on any atom is -0.482 e. The highest BCUT2D eigenvalue weighted by atomic mass is 35.5. The fourth-order valence-corrected chi connectivity index (χ4v) is 2.51. The first-order valence-corrected chi connectivity index (χ1v) is 8.73. The van der Waals surface area contributed by atoms with Crippen LogP contribution >= 0.6 is 11.6 Å². The van der Waals surface area contributed by atoms with Gasteiger partial charge in [0.2, 0.25) is 0 Å². The molecule has 2 rings (SSSR count). The molecule has 0 amide bonds. The quantitative estimate of drug-likeness (QED) is 0.681. The van der Waals surface area contributed by atoms with E-state index in [0.29, 0.717) is 23.0 Å². The van der Waals surface area contributed by atoms with Gasteiger partial charge in [-0.2, -0.15) is 0 Å². The monoisotopic (exact) mass is 391 g/mol. The zero-order valence-corrected chi connectivity index (χ0v) is 16.2. The minimum atomic E-state index is -1.07. The summed E-state index contributed by atoms with van der Waals surface area (Å²) in [5.41, 5.74) is 0.708. The van der Waals surface area contributed by atoms with Crippen molar-refractivity contribution >= 4 is 29.2 Å². The molecule has 0 aliphatic heterocycles. The Bertz CT molecular complexity index is 829. The first-order valence-electron chi connectivity index (χ1n) is 8.35. The summed E-state index contributed by atoms with van der Waals surface area (Å²) in [7, 11) is 0. The standard InChI is InChI=1S/C20H22ClNO5/c1-20(2,3)27-18(23)12-26-17-7-5-4-6-13(17)11-22-16-9-8-14(21)10-15(16)19(24)25/h4-10,22H,11-12H2,1-3H3,(H,24,25). The topological polar surface area (TPSA) is 84.9 Å². The van der Waals surface area contributed by atoms with Gasteiger partial charge in [0.15, 0.2) is 6.61 Å². The lowest BCUT2D eigenvalue weighted by atomic mass is 10.1. The van der Waals surface area contributed by atoms with Gasteiger partial charge in [-0.3, -0.25) is 0 Å². The van der Waals surface area contributed by atoms with E-state index in [9.17, 15) is 14.7 Å². The van der Waals surface area contributed by atoms with Crippen molar-refractivity contribution < 1.29 is 24.2 Å². The fourth-order valence-electron chi connectivity index (χ4n) is 2.34. The van der Waals surface area contributed by atoms with Crippen molar-refractivity contribution in [3.63, 3.8) is 0 Å². The van der Waals surface area contributed by atoms with Crippen LogP contribution < -0.4 is 10.1 Å². The Hall–Kier alpha value is -2.73. The van der Waals surface area contributed by atoms with Crippen molar-refractivity contribution in [3.8, 4) is 5.75 Å². The lowest BCUT2D eigenvalue weighted by Gasteiger charge is -2.20. The van der Waals surface area contributed by atoms with E-state index in [1.807, 2.05) is 12.1 Å². The Labute approximate surface area is 163 Å². The lowest BCUT2D eigenvalue weighted by Crippen LogP contribution is -2.27. The molecule has 0 aliphatic carbocycles. The number of benzene rings is 2. The van der Waals surface area contributed by atoms with Crippen LogP contribution in [0.5, 0.6) is 5.75 Å². The van der Waals surface area contributed by atoms with Gasteiger partial charge in [0.05, 0.1) is 5.56 Å². The van der Waals surface area contributed by atoms with Crippen LogP contribution in [0.4, 0.5) is 5.69 Å². The summed E-state index contributed by atoms with van der Waals surface area (Å²) in [5.74, 6) is -1.02. The Morgan fingerprint density at radius 1 is 1.15 bits per heavy atom. The summed E-state index contributed by atoms with van der Waals surface area (Å²) in [6.07, 6.45) is 0. The number of hydrogen-bond donors (Lipinski definition) is 2. The van der Waals surface area contributed by atoms with Crippen molar-refractivity contribution in [1.82, 2.24) is 0 Å². The summed E-state index contributed by atoms with van der Waals surface area (Å²) < 4.78 is 10.8. The van der Waals surface area contributed by atoms with Crippen LogP contribution in [0.25, 0.3) is 0 Å². The summed E-state index contributed by atoms with van der Waals surface area (Å²) in [6, 6.07) is 11.8. The number of aromatic carboxylic acids is 1. The van der Waals surface area contributed by atoms with Gasteiger partial charge in [-0.1, -0.05) is 29.8 Å². The molecule has 0 saturated carbocycles. The molecule has 144 valence electrons. The van der Waals surface area contributed by atoms with E-state index in [1.165, 1.54) is 6.07 Å². The molecule has 0 saturated heterocycles. The first-order chi connectivity index (χ1) is 12.7. The molecule has 2 aromatic carbocycles. The van der Waals surface area contributed by atoms with E-state index in [-0.39, 0.29) is 12.2 Å². The first kappa shape index (κ1) is 20.6. The van der Waals surface area contributed by atoms with Gasteiger partial charge in [-0.25, -0.2) is 9.59 Å². The number of hydrogen-bond acceptors (Lipinski definition) is 5. The molecule has 0 atom stereocenters. The summed E-state index contributed by atoms with van der Waals surface area (Å²) in [6.45, 7) is 5.46. The van der Waals surface area contributed by atoms with Crippen LogP contribution in [-0.2, 0) is 16.1 Å². The Morgan fingerprint density at radius 3 is 2.52 bits per heavy atom. The highest BCUT2D eigenvalue weighted by Gasteiger charge is 2.17. The fraction of sp³-hybridized carbons (Fsp3) is 0.300. The average molecular weight is 392 g/mol. The number of rotatable bonds is 7. The molecule has 0 fully saturated rings. The number of ether oxygens (including phenoxy) is 2. The smallest absolute Gasteiger partial charge is 0.344 e. The highest BCUT2D eigenvalue weighted by molar-refractivity contribution is 6.31. The molecular formula is C20H22ClNO5. The second kappa shape index (κ2) is 8.77. The number of para-hydroxylation sites is 1. The van der Waals surface area contributed by atoms with Gasteiger partial charge in [-0.15, -0.1) is 0 Å². The molecule has 0 aromatic heterocycles. The van der Waals surface area contributed by atoms with E-state index in [2.05, 4.69) is 5.32 Å². The van der Waals surface area contributed by atoms with Crippen LogP contribution in [0.15, 0.2) is 42.5 Å². The van der Waals surface area contributed by atoms with E-state index in [0.717, 1.165) is 5.56 Å². The van der Waals surface area contributed by atoms with Crippen molar-refractivity contribution in [2.75, 3.05) is 11.9 Å². The maximum atomic E-state index is 11.8. The molecule has 0 spiro atoms. The van der Waals surface area contributed by atoms with Crippen LogP contribution in [0, 0.1) is 0 Å². The summed E-state index contributed by atoms with van der Waals surface area (Å²) in [4.78, 5) is 23.2. The van der Waals surface area contributed by atoms with Gasteiger partial charge < -0.3 is 19.9 Å². The molecule has 0 heterocycles. The second-order valence-electron chi connectivity index (χ2n) is 6.83. The van der Waals surface area contributed by atoms with Gasteiger partial charge in [0.25, 0.3) is 0 Å². The van der Waals surface area contributed by atoms with Gasteiger partial charge in [0, 0.05) is 22.8 Å². The van der Waals surface area contributed by atoms with Crippen LogP contribution in [0.2, 0.25) is 5.02 Å². The molecule has 2 N–H and O–H groups in total. The number of halogens is 1. The van der Waals surface area contributed by atoms with Crippen LogP contribution in [0.1, 0.15) is 36.7 Å². The molecule has 0 aliphatic rings. The van der Waals surface area contributed by atoms with Crippen LogP contribution in [0.3, 0.4) is 0 Å². The van der Waals surface area contributed by atoms with E-state index in [4.69, 9.17) is 21.1 Å². The van der Waals surface area contributed by atoms with Gasteiger partial charge in [0.1, 0.15) is 11.4 Å². The lowest BCUT2D eigenvalue weighted by molar-refractivity contribution is -0.157. The highest BCUT2D eigenvalue weighted by Crippen LogP contribution is 2.24. The van der Waals surface area contributed by atoms with Crippen LogP contribution in [-0.4, -0.2) is 29.3 Å². The SMILES string of the molecule is CC(C)(C)OC(=O)COc1ccccc1CNc1ccc(Cl)cc1C(=O)O. The largest absolute Gasteiger partial charge is 0.482 e. The van der Waals surface area contributed by atoms with Crippen molar-refractivity contribution in [2.45, 2.75) is 32.9 Å². The molecule has 7 heteroatoms.